The van der Waals surface area contributed by atoms with Crippen LogP contribution >= 0.6 is 0 Å². The van der Waals surface area contributed by atoms with Gasteiger partial charge in [0.25, 0.3) is 5.91 Å². The fourth-order valence-corrected chi connectivity index (χ4v) is 7.57. The molecule has 8 heteroatoms. The van der Waals surface area contributed by atoms with Crippen molar-refractivity contribution in [1.29, 1.82) is 0 Å². The maximum atomic E-state index is 14.8. The number of fused-ring (bicyclic) bond motifs is 2. The summed E-state index contributed by atoms with van der Waals surface area (Å²) >= 11 is 0. The van der Waals surface area contributed by atoms with Crippen molar-refractivity contribution >= 4 is 34.2 Å². The van der Waals surface area contributed by atoms with E-state index in [0.717, 1.165) is 17.2 Å². The van der Waals surface area contributed by atoms with Crippen LogP contribution in [0.3, 0.4) is 0 Å². The number of nitrogens with zero attached hydrogens (tertiary/aromatic N) is 3. The van der Waals surface area contributed by atoms with Crippen LogP contribution in [0, 0.1) is 11.8 Å². The molecule has 3 heterocycles. The van der Waals surface area contributed by atoms with Gasteiger partial charge in [-0.15, -0.1) is 13.2 Å². The lowest BCUT2D eigenvalue weighted by Crippen LogP contribution is -2.56. The first-order valence-electron chi connectivity index (χ1n) is 15.2. The zero-order valence-corrected chi connectivity index (χ0v) is 24.8. The number of ether oxygens (including phenoxy) is 1. The summed E-state index contributed by atoms with van der Waals surface area (Å²) in [5.74, 6) is -1.99. The normalized spacial score (nSPS) is 27.7. The Morgan fingerprint density at radius 2 is 1.81 bits per heavy atom. The second kappa shape index (κ2) is 12.0. The predicted molar refractivity (Wildman–Crippen MR) is 164 cm³/mol. The van der Waals surface area contributed by atoms with Crippen LogP contribution in [-0.4, -0.2) is 82.7 Å². The van der Waals surface area contributed by atoms with E-state index in [2.05, 4.69) is 13.2 Å². The van der Waals surface area contributed by atoms with Crippen LogP contribution in [0.1, 0.15) is 46.0 Å². The number of aliphatic hydroxyl groups is 1. The minimum Gasteiger partial charge on any atom is -0.396 e. The van der Waals surface area contributed by atoms with Gasteiger partial charge in [-0.25, -0.2) is 0 Å². The molecule has 2 aromatic rings. The average Bonchev–Trinajstić information content (AvgIpc) is 3.55. The van der Waals surface area contributed by atoms with E-state index >= 15 is 0 Å². The summed E-state index contributed by atoms with van der Waals surface area (Å²) in [5.41, 5.74) is -1.23. The van der Waals surface area contributed by atoms with E-state index in [4.69, 9.17) is 4.74 Å². The third-order valence-electron chi connectivity index (χ3n) is 9.36. The Balaban J connectivity index is 1.57. The summed E-state index contributed by atoms with van der Waals surface area (Å²) in [6, 6.07) is 13.0. The molecular formula is C34H43N3O5. The van der Waals surface area contributed by atoms with Crippen LogP contribution in [0.5, 0.6) is 0 Å². The summed E-state index contributed by atoms with van der Waals surface area (Å²) in [7, 11) is 0. The number of aliphatic hydroxyl groups excluding tert-OH is 1. The van der Waals surface area contributed by atoms with Crippen molar-refractivity contribution < 1.29 is 24.2 Å². The molecule has 2 aromatic carbocycles. The van der Waals surface area contributed by atoms with Crippen LogP contribution in [0.2, 0.25) is 0 Å². The minimum atomic E-state index is -1.11. The molecule has 3 fully saturated rings. The quantitative estimate of drug-likeness (QED) is 0.285. The van der Waals surface area contributed by atoms with Crippen LogP contribution in [0.25, 0.3) is 10.8 Å². The maximum Gasteiger partial charge on any atom is 0.253 e. The van der Waals surface area contributed by atoms with Gasteiger partial charge in [0.15, 0.2) is 0 Å². The molecule has 8 nitrogen and oxygen atoms in total. The van der Waals surface area contributed by atoms with Gasteiger partial charge in [0.05, 0.1) is 17.4 Å². The van der Waals surface area contributed by atoms with Gasteiger partial charge in [-0.2, -0.15) is 0 Å². The lowest BCUT2D eigenvalue weighted by Gasteiger charge is -2.37. The predicted octanol–water partition coefficient (Wildman–Crippen LogP) is 4.32. The first-order chi connectivity index (χ1) is 20.3. The highest BCUT2D eigenvalue weighted by atomic mass is 16.5. The highest BCUT2D eigenvalue weighted by Gasteiger charge is 2.78. The number of amides is 3. The number of hydrogen-bond donors (Lipinski definition) is 1. The molecule has 3 aliphatic heterocycles. The van der Waals surface area contributed by atoms with Crippen molar-refractivity contribution in [1.82, 2.24) is 9.80 Å². The van der Waals surface area contributed by atoms with Gasteiger partial charge in [0.1, 0.15) is 11.6 Å². The number of carbonyl (C=O) groups excluding carboxylic acids is 3. The zero-order valence-electron chi connectivity index (χ0n) is 24.8. The van der Waals surface area contributed by atoms with Crippen LogP contribution in [-0.2, 0) is 19.1 Å². The summed E-state index contributed by atoms with van der Waals surface area (Å²) in [6.45, 7) is 13.2. The summed E-state index contributed by atoms with van der Waals surface area (Å²) in [6.07, 6.45) is 6.34. The van der Waals surface area contributed by atoms with E-state index in [1.54, 1.807) is 26.9 Å². The smallest absolute Gasteiger partial charge is 0.253 e. The van der Waals surface area contributed by atoms with Gasteiger partial charge in [-0.1, -0.05) is 49.4 Å². The molecular weight excluding hydrogens is 530 g/mol. The van der Waals surface area contributed by atoms with Gasteiger partial charge in [0, 0.05) is 38.5 Å². The number of hydrogen-bond acceptors (Lipinski definition) is 5. The number of rotatable bonds is 13. The summed E-state index contributed by atoms with van der Waals surface area (Å²) < 4.78 is 6.83. The summed E-state index contributed by atoms with van der Waals surface area (Å²) in [4.78, 5) is 48.3. The molecule has 0 aliphatic carbocycles. The number of benzene rings is 2. The van der Waals surface area contributed by atoms with Crippen LogP contribution in [0.4, 0.5) is 5.69 Å². The third-order valence-corrected chi connectivity index (χ3v) is 9.36. The molecule has 3 amide bonds. The Bertz CT molecular complexity index is 1380. The van der Waals surface area contributed by atoms with E-state index < -0.39 is 29.1 Å². The van der Waals surface area contributed by atoms with Crippen LogP contribution in [0.15, 0.2) is 67.8 Å². The maximum absolute atomic E-state index is 14.8. The molecule has 5 atom stereocenters. The molecule has 3 aliphatic rings. The van der Waals surface area contributed by atoms with Crippen molar-refractivity contribution in [3.8, 4) is 0 Å². The third kappa shape index (κ3) is 4.84. The Labute approximate surface area is 248 Å². The number of likely N-dealkylation sites (tertiary alicyclic amines) is 1. The van der Waals surface area contributed by atoms with Crippen molar-refractivity contribution in [3.05, 3.63) is 67.8 Å². The molecule has 0 radical (unpaired) electrons. The van der Waals surface area contributed by atoms with Gasteiger partial charge in [-0.05, 0) is 61.9 Å². The van der Waals surface area contributed by atoms with Crippen molar-refractivity contribution in [2.24, 2.45) is 11.8 Å². The average molecular weight is 574 g/mol. The van der Waals surface area contributed by atoms with Crippen molar-refractivity contribution in [2.75, 3.05) is 37.7 Å². The van der Waals surface area contributed by atoms with E-state index in [1.165, 1.54) is 0 Å². The van der Waals surface area contributed by atoms with E-state index in [1.807, 2.05) is 56.3 Å². The second-order valence-corrected chi connectivity index (χ2v) is 12.0. The van der Waals surface area contributed by atoms with Crippen molar-refractivity contribution in [2.45, 2.75) is 63.2 Å². The Kier molecular flexibility index (Phi) is 8.58. The minimum absolute atomic E-state index is 0.00188. The van der Waals surface area contributed by atoms with E-state index in [-0.39, 0.29) is 30.9 Å². The molecule has 224 valence electrons. The van der Waals surface area contributed by atoms with Gasteiger partial charge >= 0.3 is 0 Å². The molecule has 3 saturated heterocycles. The second-order valence-electron chi connectivity index (χ2n) is 12.0. The van der Waals surface area contributed by atoms with E-state index in [0.29, 0.717) is 51.0 Å². The number of carbonyl (C=O) groups is 3. The molecule has 0 saturated carbocycles. The molecule has 1 N–H and O–H groups in total. The van der Waals surface area contributed by atoms with Gasteiger partial charge < -0.3 is 24.5 Å². The lowest BCUT2D eigenvalue weighted by molar-refractivity contribution is -0.149. The Morgan fingerprint density at radius 3 is 2.50 bits per heavy atom. The summed E-state index contributed by atoms with van der Waals surface area (Å²) in [5, 5.41) is 11.5. The molecule has 5 rings (SSSR count). The fourth-order valence-electron chi connectivity index (χ4n) is 7.57. The SMILES string of the molecule is C=CCN(CCC)C(=O)[C@@H]1[C@H]2C(=O)N(CCCCO)C(C(=O)N(CC=C)c3ccc4ccccc4c3)C23CC[C@@]1(C)O3. The molecule has 2 bridgehead atoms. The molecule has 2 unspecified atom stereocenters. The number of unbranched alkanes of at least 4 members (excludes halogenated alkanes) is 1. The Hall–Kier alpha value is -3.49. The Morgan fingerprint density at radius 1 is 1.07 bits per heavy atom. The molecule has 42 heavy (non-hydrogen) atoms. The van der Waals surface area contributed by atoms with Gasteiger partial charge in [0.2, 0.25) is 11.8 Å². The standard InChI is InChI=1S/C34H43N3O5/c1-5-18-35(19-6-2)30(39)27-28-31(40)37(21-10-11-22-38)29(34(28)17-16-33(27,4)42-34)32(41)36(20-7-3)26-15-14-24-12-8-9-13-25(24)23-26/h5,7-9,12-15,23,27-29,38H,1,3,6,10-11,16-22H2,2,4H3/t27-,28-,29?,33+,34?/m0/s1. The first-order valence-corrected chi connectivity index (χ1v) is 15.2. The lowest BCUT2D eigenvalue weighted by atomic mass is 9.66. The number of anilines is 1. The van der Waals surface area contributed by atoms with Gasteiger partial charge in [-0.3, -0.25) is 14.4 Å². The van der Waals surface area contributed by atoms with Crippen LogP contribution < -0.4 is 4.90 Å². The topological polar surface area (TPSA) is 90.4 Å². The highest BCUT2D eigenvalue weighted by molar-refractivity contribution is 6.06. The fraction of sp³-hybridized carbons (Fsp3) is 0.500. The van der Waals surface area contributed by atoms with Crippen molar-refractivity contribution in [3.63, 3.8) is 0 Å². The molecule has 1 spiro atoms. The molecule has 0 aromatic heterocycles. The monoisotopic (exact) mass is 573 g/mol. The largest absolute Gasteiger partial charge is 0.396 e. The highest BCUT2D eigenvalue weighted by Crippen LogP contribution is 2.63. The van der Waals surface area contributed by atoms with E-state index in [9.17, 15) is 19.5 Å². The zero-order chi connectivity index (χ0) is 30.1. The first kappa shape index (κ1) is 30.0.